The van der Waals surface area contributed by atoms with Crippen molar-refractivity contribution in [1.29, 1.82) is 0 Å². The first-order valence-corrected chi connectivity index (χ1v) is 17.3. The Morgan fingerprint density at radius 2 is 1.49 bits per heavy atom. The first-order valence-electron chi connectivity index (χ1n) is 17.3. The first kappa shape index (κ1) is 32.4. The summed E-state index contributed by atoms with van der Waals surface area (Å²) in [6, 6.07) is 28.0. The number of ether oxygens (including phenoxy) is 1. The number of para-hydroxylation sites is 1. The Kier molecular flexibility index (Phi) is 8.18. The molecule has 5 heteroatoms. The van der Waals surface area contributed by atoms with Gasteiger partial charge in [-0.05, 0) is 127 Å². The zero-order chi connectivity index (χ0) is 34.6. The van der Waals surface area contributed by atoms with E-state index in [9.17, 15) is 0 Å². The topological polar surface area (TPSA) is 44.9 Å². The smallest absolute Gasteiger partial charge is 0.137 e. The Morgan fingerprint density at radius 3 is 2.22 bits per heavy atom. The van der Waals surface area contributed by atoms with E-state index in [2.05, 4.69) is 152 Å². The van der Waals surface area contributed by atoms with Gasteiger partial charge in [0.05, 0.1) is 22.9 Å². The summed E-state index contributed by atoms with van der Waals surface area (Å²) in [6.07, 6.45) is 6.99. The summed E-state index contributed by atoms with van der Waals surface area (Å²) in [4.78, 5) is 4.85. The summed E-state index contributed by atoms with van der Waals surface area (Å²) in [7, 11) is 0. The monoisotopic (exact) mass is 646 g/mol. The van der Waals surface area contributed by atoms with Crippen LogP contribution in [0.1, 0.15) is 68.0 Å². The molecular formula is C44H46N4O. The zero-order valence-corrected chi connectivity index (χ0v) is 30.2. The van der Waals surface area contributed by atoms with Crippen molar-refractivity contribution >= 4 is 21.8 Å². The van der Waals surface area contributed by atoms with Crippen LogP contribution in [0.25, 0.3) is 44.4 Å². The van der Waals surface area contributed by atoms with Gasteiger partial charge in [-0.25, -0.2) is 9.67 Å². The van der Waals surface area contributed by atoms with Gasteiger partial charge in [0.25, 0.3) is 0 Å². The van der Waals surface area contributed by atoms with Crippen molar-refractivity contribution in [3.05, 3.63) is 131 Å². The molecule has 5 nitrogen and oxygen atoms in total. The van der Waals surface area contributed by atoms with Crippen LogP contribution in [-0.2, 0) is 11.8 Å². The van der Waals surface area contributed by atoms with E-state index in [0.29, 0.717) is 5.92 Å². The van der Waals surface area contributed by atoms with Gasteiger partial charge < -0.3 is 4.74 Å². The Hall–Kier alpha value is -5.16. The van der Waals surface area contributed by atoms with Crippen molar-refractivity contribution in [2.75, 3.05) is 0 Å². The third-order valence-corrected chi connectivity index (χ3v) is 9.82. The van der Waals surface area contributed by atoms with Crippen LogP contribution in [0.4, 0.5) is 0 Å². The van der Waals surface area contributed by atoms with E-state index in [1.807, 2.05) is 17.1 Å². The van der Waals surface area contributed by atoms with Gasteiger partial charge in [0.1, 0.15) is 17.3 Å². The molecule has 0 aliphatic carbocycles. The summed E-state index contributed by atoms with van der Waals surface area (Å²) >= 11 is 0. The van der Waals surface area contributed by atoms with Gasteiger partial charge in [0.15, 0.2) is 0 Å². The lowest BCUT2D eigenvalue weighted by Gasteiger charge is -2.20. The molecule has 7 aromatic rings. The zero-order valence-electron chi connectivity index (χ0n) is 30.2. The minimum atomic E-state index is 0.00934. The molecule has 0 spiro atoms. The SMILES string of the molecule is Cc1cc(C)c(C)c(-c2cnn(-c3cc(CC(C)C)cc(Oc4ccc5c6ccccc6n(-c6cc(C(C)(C)C)ccn6)c5c4)c3)c2)c1C. The summed E-state index contributed by atoms with van der Waals surface area (Å²) in [5.74, 6) is 2.97. The van der Waals surface area contributed by atoms with Gasteiger partial charge in [-0.2, -0.15) is 5.10 Å². The molecule has 0 unspecified atom stereocenters. The number of benzene rings is 4. The molecule has 3 aromatic heterocycles. The van der Waals surface area contributed by atoms with Crippen LogP contribution >= 0.6 is 0 Å². The first-order chi connectivity index (χ1) is 23.4. The molecule has 0 atom stereocenters. The number of pyridine rings is 1. The minimum Gasteiger partial charge on any atom is -0.457 e. The van der Waals surface area contributed by atoms with Crippen LogP contribution in [-0.4, -0.2) is 19.3 Å². The van der Waals surface area contributed by atoms with Crippen LogP contribution in [0.5, 0.6) is 11.5 Å². The predicted octanol–water partition coefficient (Wildman–Crippen LogP) is 11.6. The van der Waals surface area contributed by atoms with Crippen molar-refractivity contribution in [2.45, 2.75) is 74.1 Å². The van der Waals surface area contributed by atoms with Gasteiger partial charge in [0, 0.05) is 40.9 Å². The molecule has 0 aliphatic rings. The predicted molar refractivity (Wildman–Crippen MR) is 204 cm³/mol. The second kappa shape index (κ2) is 12.4. The summed E-state index contributed by atoms with van der Waals surface area (Å²) in [6.45, 7) is 20.0. The van der Waals surface area contributed by atoms with E-state index in [1.165, 1.54) is 49.7 Å². The average molecular weight is 647 g/mol. The fourth-order valence-electron chi connectivity index (χ4n) is 7.07. The standard InChI is InChI=1S/C44H46N4O/c1-27(2)18-32-20-35(47-26-33(25-46-47)43-30(5)28(3)19-29(4)31(43)6)23-37(21-32)49-36-14-15-39-38-12-10-11-13-40(38)48(41(39)24-36)42-22-34(16-17-45-42)44(7,8)9/h10-17,19-27H,18H2,1-9H3. The quantitative estimate of drug-likeness (QED) is 0.173. The van der Waals surface area contributed by atoms with E-state index in [-0.39, 0.29) is 5.41 Å². The number of nitrogens with zero attached hydrogens (tertiary/aromatic N) is 4. The molecule has 49 heavy (non-hydrogen) atoms. The van der Waals surface area contributed by atoms with Crippen molar-refractivity contribution in [3.8, 4) is 34.1 Å². The van der Waals surface area contributed by atoms with Crippen LogP contribution in [0.2, 0.25) is 0 Å². The minimum absolute atomic E-state index is 0.00934. The molecule has 0 aliphatic heterocycles. The molecular weight excluding hydrogens is 601 g/mol. The lowest BCUT2D eigenvalue weighted by Crippen LogP contribution is -2.12. The number of hydrogen-bond donors (Lipinski definition) is 0. The molecule has 7 rings (SSSR count). The maximum Gasteiger partial charge on any atom is 0.137 e. The lowest BCUT2D eigenvalue weighted by atomic mass is 9.88. The highest BCUT2D eigenvalue weighted by Gasteiger charge is 2.19. The number of aryl methyl sites for hydroxylation is 2. The van der Waals surface area contributed by atoms with Gasteiger partial charge in [0.2, 0.25) is 0 Å². The van der Waals surface area contributed by atoms with Gasteiger partial charge in [-0.1, -0.05) is 58.9 Å². The van der Waals surface area contributed by atoms with Gasteiger partial charge in [-0.15, -0.1) is 0 Å². The Bertz CT molecular complexity index is 2320. The van der Waals surface area contributed by atoms with E-state index < -0.39 is 0 Å². The summed E-state index contributed by atoms with van der Waals surface area (Å²) in [5, 5.41) is 7.22. The molecule has 0 fully saturated rings. The summed E-state index contributed by atoms with van der Waals surface area (Å²) in [5.41, 5.74) is 13.2. The molecule has 0 radical (unpaired) electrons. The number of hydrogen-bond acceptors (Lipinski definition) is 3. The molecule has 0 saturated heterocycles. The number of aromatic nitrogens is 4. The van der Waals surface area contributed by atoms with Crippen molar-refractivity contribution in [2.24, 2.45) is 5.92 Å². The number of fused-ring (bicyclic) bond motifs is 3. The van der Waals surface area contributed by atoms with E-state index in [0.717, 1.165) is 46.0 Å². The third-order valence-electron chi connectivity index (χ3n) is 9.82. The van der Waals surface area contributed by atoms with E-state index in [4.69, 9.17) is 14.8 Å². The van der Waals surface area contributed by atoms with Crippen molar-refractivity contribution in [3.63, 3.8) is 0 Å². The average Bonchev–Trinajstić information content (AvgIpc) is 3.66. The van der Waals surface area contributed by atoms with E-state index in [1.54, 1.807) is 0 Å². The maximum absolute atomic E-state index is 6.72. The van der Waals surface area contributed by atoms with E-state index >= 15 is 0 Å². The summed E-state index contributed by atoms with van der Waals surface area (Å²) < 4.78 is 11.0. The Morgan fingerprint density at radius 1 is 0.755 bits per heavy atom. The molecule has 0 saturated carbocycles. The fraction of sp³-hybridized carbons (Fsp3) is 0.273. The third kappa shape index (κ3) is 6.14. The molecule has 248 valence electrons. The molecule has 3 heterocycles. The fourth-order valence-corrected chi connectivity index (χ4v) is 7.07. The lowest BCUT2D eigenvalue weighted by molar-refractivity contribution is 0.481. The van der Waals surface area contributed by atoms with Crippen LogP contribution in [0.3, 0.4) is 0 Å². The highest BCUT2D eigenvalue weighted by Crippen LogP contribution is 2.37. The van der Waals surface area contributed by atoms with Crippen molar-refractivity contribution in [1.82, 2.24) is 19.3 Å². The Labute approximate surface area is 290 Å². The second-order valence-corrected chi connectivity index (χ2v) is 15.0. The Balaban J connectivity index is 1.31. The highest BCUT2D eigenvalue weighted by molar-refractivity contribution is 6.09. The molecule has 0 N–H and O–H groups in total. The van der Waals surface area contributed by atoms with Crippen LogP contribution < -0.4 is 4.74 Å². The van der Waals surface area contributed by atoms with Gasteiger partial charge in [-0.3, -0.25) is 4.57 Å². The highest BCUT2D eigenvalue weighted by atomic mass is 16.5. The second-order valence-electron chi connectivity index (χ2n) is 15.0. The van der Waals surface area contributed by atoms with Crippen LogP contribution in [0, 0.1) is 33.6 Å². The molecule has 0 amide bonds. The molecule has 4 aromatic carbocycles. The van der Waals surface area contributed by atoms with Crippen LogP contribution in [0.15, 0.2) is 97.5 Å². The van der Waals surface area contributed by atoms with Crippen molar-refractivity contribution < 1.29 is 4.74 Å². The normalized spacial score (nSPS) is 12.0. The van der Waals surface area contributed by atoms with Gasteiger partial charge >= 0.3 is 0 Å². The largest absolute Gasteiger partial charge is 0.457 e. The molecule has 0 bridgehead atoms. The maximum atomic E-state index is 6.72. The number of rotatable bonds is 7.